The maximum Gasteiger partial charge on any atom is 0.240 e. The van der Waals surface area contributed by atoms with E-state index in [0.717, 1.165) is 12.5 Å². The number of benzene rings is 1. The summed E-state index contributed by atoms with van der Waals surface area (Å²) in [5.74, 6) is -0.589. The number of halogens is 2. The van der Waals surface area contributed by atoms with E-state index in [1.165, 1.54) is 18.2 Å². The lowest BCUT2D eigenvalue weighted by Crippen LogP contribution is -2.49. The molecule has 0 spiro atoms. The summed E-state index contributed by atoms with van der Waals surface area (Å²) in [5, 5.41) is 2.92. The summed E-state index contributed by atoms with van der Waals surface area (Å²) in [6.45, 7) is 1.58. The molecule has 0 saturated carbocycles. The third-order valence-electron chi connectivity index (χ3n) is 3.79. The van der Waals surface area contributed by atoms with Crippen LogP contribution in [0.3, 0.4) is 0 Å². The van der Waals surface area contributed by atoms with E-state index in [4.69, 9.17) is 0 Å². The van der Waals surface area contributed by atoms with Gasteiger partial charge in [0.15, 0.2) is 0 Å². The molecule has 1 aromatic rings. The summed E-state index contributed by atoms with van der Waals surface area (Å²) in [6.07, 6.45) is 1.78. The minimum Gasteiger partial charge on any atom is -0.341 e. The van der Waals surface area contributed by atoms with Crippen LogP contribution in [-0.4, -0.2) is 51.9 Å². The number of sulfonamides is 1. The van der Waals surface area contributed by atoms with Crippen molar-refractivity contribution in [2.75, 3.05) is 26.7 Å². The van der Waals surface area contributed by atoms with E-state index in [1.807, 2.05) is 0 Å². The third kappa shape index (κ3) is 5.70. The number of nitrogens with one attached hydrogen (secondary N) is 2. The number of nitrogens with zero attached hydrogens (tertiary/aromatic N) is 1. The molecule has 2 rings (SSSR count). The van der Waals surface area contributed by atoms with Crippen LogP contribution in [0.15, 0.2) is 29.2 Å². The van der Waals surface area contributed by atoms with Crippen LogP contribution in [0.1, 0.15) is 19.3 Å². The zero-order valence-electron chi connectivity index (χ0n) is 13.5. The molecule has 1 saturated heterocycles. The molecule has 24 heavy (non-hydrogen) atoms. The first-order chi connectivity index (χ1) is 10.9. The number of likely N-dealkylation sites (tertiary alicyclic amines) is 1. The van der Waals surface area contributed by atoms with Crippen LogP contribution in [-0.2, 0) is 14.8 Å². The lowest BCUT2D eigenvalue weighted by Gasteiger charge is -2.33. The van der Waals surface area contributed by atoms with Crippen molar-refractivity contribution in [2.45, 2.75) is 30.2 Å². The number of piperidine rings is 1. The van der Waals surface area contributed by atoms with Gasteiger partial charge in [-0.25, -0.2) is 17.5 Å². The van der Waals surface area contributed by atoms with Crippen LogP contribution >= 0.6 is 12.4 Å². The van der Waals surface area contributed by atoms with Gasteiger partial charge in [0.25, 0.3) is 0 Å². The number of amides is 1. The molecule has 1 aromatic carbocycles. The predicted octanol–water partition coefficient (Wildman–Crippen LogP) is 1.13. The Hall–Kier alpha value is -1.22. The van der Waals surface area contributed by atoms with Crippen molar-refractivity contribution < 1.29 is 17.6 Å². The van der Waals surface area contributed by atoms with Gasteiger partial charge in [-0.3, -0.25) is 4.79 Å². The molecule has 0 radical (unpaired) electrons. The van der Waals surface area contributed by atoms with Gasteiger partial charge in [0.05, 0.1) is 4.90 Å². The Morgan fingerprint density at radius 1 is 1.42 bits per heavy atom. The molecular formula is C15H23ClFN3O3S. The Labute approximate surface area is 148 Å². The SMILES string of the molecule is CNCCC(=O)N1CCCC(NS(=O)(=O)c2cccc(F)c2)C1.Cl. The normalized spacial score (nSPS) is 18.1. The van der Waals surface area contributed by atoms with E-state index >= 15 is 0 Å². The fraction of sp³-hybridized carbons (Fsp3) is 0.533. The van der Waals surface area contributed by atoms with Gasteiger partial charge in [-0.1, -0.05) is 6.07 Å². The number of rotatable bonds is 6. The molecular weight excluding hydrogens is 357 g/mol. The molecule has 9 heteroatoms. The van der Waals surface area contributed by atoms with Crippen LogP contribution < -0.4 is 10.0 Å². The van der Waals surface area contributed by atoms with Gasteiger partial charge in [0.1, 0.15) is 5.82 Å². The Bertz CT molecular complexity index is 657. The molecule has 6 nitrogen and oxygen atoms in total. The number of carbonyl (C=O) groups is 1. The molecule has 136 valence electrons. The quantitative estimate of drug-likeness (QED) is 0.776. The fourth-order valence-electron chi connectivity index (χ4n) is 2.61. The van der Waals surface area contributed by atoms with E-state index in [0.29, 0.717) is 32.5 Å². The van der Waals surface area contributed by atoms with Gasteiger partial charge in [-0.05, 0) is 38.1 Å². The summed E-state index contributed by atoms with van der Waals surface area (Å²) in [6, 6.07) is 4.54. The van der Waals surface area contributed by atoms with E-state index < -0.39 is 15.8 Å². The Morgan fingerprint density at radius 3 is 2.83 bits per heavy atom. The second-order valence-corrected chi connectivity index (χ2v) is 7.33. The smallest absolute Gasteiger partial charge is 0.240 e. The van der Waals surface area contributed by atoms with Crippen molar-refractivity contribution in [1.82, 2.24) is 14.9 Å². The molecule has 1 fully saturated rings. The summed E-state index contributed by atoms with van der Waals surface area (Å²) in [5.41, 5.74) is 0. The summed E-state index contributed by atoms with van der Waals surface area (Å²) in [4.78, 5) is 13.6. The average Bonchev–Trinajstić information content (AvgIpc) is 2.52. The molecule has 1 aliphatic rings. The monoisotopic (exact) mass is 379 g/mol. The van der Waals surface area contributed by atoms with Crippen molar-refractivity contribution in [1.29, 1.82) is 0 Å². The van der Waals surface area contributed by atoms with Gasteiger partial charge < -0.3 is 10.2 Å². The van der Waals surface area contributed by atoms with Crippen molar-refractivity contribution >= 4 is 28.3 Å². The average molecular weight is 380 g/mol. The molecule has 1 unspecified atom stereocenters. The second kappa shape index (κ2) is 9.31. The van der Waals surface area contributed by atoms with Crippen molar-refractivity contribution in [3.8, 4) is 0 Å². The Balaban J connectivity index is 0.00000288. The van der Waals surface area contributed by atoms with Crippen molar-refractivity contribution in [2.24, 2.45) is 0 Å². The zero-order valence-corrected chi connectivity index (χ0v) is 15.1. The standard InChI is InChI=1S/C15H22FN3O3S.ClH/c1-17-8-7-15(20)19-9-3-5-13(11-19)18-23(21,22)14-6-2-4-12(16)10-14;/h2,4,6,10,13,17-18H,3,5,7-9,11H2,1H3;1H. The molecule has 0 aliphatic carbocycles. The molecule has 1 atom stereocenters. The predicted molar refractivity (Wildman–Crippen MR) is 92.1 cm³/mol. The van der Waals surface area contributed by atoms with Gasteiger partial charge in [-0.15, -0.1) is 12.4 Å². The molecule has 1 amide bonds. The van der Waals surface area contributed by atoms with Crippen LogP contribution in [0.25, 0.3) is 0 Å². The van der Waals surface area contributed by atoms with E-state index in [-0.39, 0.29) is 29.3 Å². The highest BCUT2D eigenvalue weighted by atomic mass is 35.5. The minimum absolute atomic E-state index is 0. The Kier molecular flexibility index (Phi) is 8.08. The molecule has 1 heterocycles. The first kappa shape index (κ1) is 20.8. The van der Waals surface area contributed by atoms with Crippen molar-refractivity contribution in [3.63, 3.8) is 0 Å². The lowest BCUT2D eigenvalue weighted by molar-refractivity contribution is -0.132. The topological polar surface area (TPSA) is 78.5 Å². The van der Waals surface area contributed by atoms with E-state index in [1.54, 1.807) is 11.9 Å². The minimum atomic E-state index is -3.79. The molecule has 2 N–H and O–H groups in total. The first-order valence-corrected chi connectivity index (χ1v) is 9.11. The molecule has 0 aromatic heterocycles. The first-order valence-electron chi connectivity index (χ1n) is 7.62. The highest BCUT2D eigenvalue weighted by Crippen LogP contribution is 2.16. The molecule has 0 bridgehead atoms. The number of carbonyl (C=O) groups excluding carboxylic acids is 1. The van der Waals surface area contributed by atoms with E-state index in [2.05, 4.69) is 10.0 Å². The number of hydrogen-bond donors (Lipinski definition) is 2. The zero-order chi connectivity index (χ0) is 16.9. The van der Waals surface area contributed by atoms with Crippen LogP contribution in [0, 0.1) is 5.82 Å². The maximum atomic E-state index is 13.2. The van der Waals surface area contributed by atoms with Gasteiger partial charge in [-0.2, -0.15) is 0 Å². The van der Waals surface area contributed by atoms with E-state index in [9.17, 15) is 17.6 Å². The summed E-state index contributed by atoms with van der Waals surface area (Å²) < 4.78 is 40.4. The largest absolute Gasteiger partial charge is 0.341 e. The fourth-order valence-corrected chi connectivity index (χ4v) is 3.90. The van der Waals surface area contributed by atoms with Gasteiger partial charge in [0.2, 0.25) is 15.9 Å². The van der Waals surface area contributed by atoms with Gasteiger partial charge >= 0.3 is 0 Å². The highest BCUT2D eigenvalue weighted by Gasteiger charge is 2.27. The maximum absolute atomic E-state index is 13.2. The Morgan fingerprint density at radius 2 is 2.17 bits per heavy atom. The summed E-state index contributed by atoms with van der Waals surface area (Å²) in [7, 11) is -2.01. The summed E-state index contributed by atoms with van der Waals surface area (Å²) >= 11 is 0. The second-order valence-electron chi connectivity index (χ2n) is 5.61. The highest BCUT2D eigenvalue weighted by molar-refractivity contribution is 7.89. The molecule has 1 aliphatic heterocycles. The van der Waals surface area contributed by atoms with Gasteiger partial charge in [0, 0.05) is 32.1 Å². The van der Waals surface area contributed by atoms with Crippen LogP contribution in [0.2, 0.25) is 0 Å². The van der Waals surface area contributed by atoms with Crippen LogP contribution in [0.5, 0.6) is 0 Å². The lowest BCUT2D eigenvalue weighted by atomic mass is 10.1. The third-order valence-corrected chi connectivity index (χ3v) is 5.31. The van der Waals surface area contributed by atoms with Crippen LogP contribution in [0.4, 0.5) is 4.39 Å². The van der Waals surface area contributed by atoms with Crippen molar-refractivity contribution in [3.05, 3.63) is 30.1 Å². The number of hydrogen-bond acceptors (Lipinski definition) is 4.